The molecule has 1 aromatic carbocycles. The predicted molar refractivity (Wildman–Crippen MR) is 111 cm³/mol. The highest BCUT2D eigenvalue weighted by atomic mass is 16.5. The van der Waals surface area contributed by atoms with Crippen LogP contribution in [0.15, 0.2) is 40.9 Å². The summed E-state index contributed by atoms with van der Waals surface area (Å²) in [5, 5.41) is 15.5. The molecular formula is C22H20N4O6. The third-order valence-electron chi connectivity index (χ3n) is 5.86. The molecule has 0 saturated carbocycles. The van der Waals surface area contributed by atoms with Gasteiger partial charge in [0, 0.05) is 23.7 Å². The molecule has 0 aliphatic carbocycles. The van der Waals surface area contributed by atoms with Crippen LogP contribution in [0.2, 0.25) is 0 Å². The molecular weight excluding hydrogens is 416 g/mol. The van der Waals surface area contributed by atoms with Crippen LogP contribution in [0.1, 0.15) is 40.4 Å². The van der Waals surface area contributed by atoms with Crippen LogP contribution in [0, 0.1) is 0 Å². The van der Waals surface area contributed by atoms with Gasteiger partial charge in [-0.3, -0.25) is 19.9 Å². The van der Waals surface area contributed by atoms with Gasteiger partial charge in [0.1, 0.15) is 17.1 Å². The van der Waals surface area contributed by atoms with E-state index in [2.05, 4.69) is 15.6 Å². The van der Waals surface area contributed by atoms with Crippen LogP contribution in [0.4, 0.5) is 4.79 Å². The van der Waals surface area contributed by atoms with E-state index >= 15 is 0 Å². The molecule has 164 valence electrons. The molecule has 2 aliphatic heterocycles. The summed E-state index contributed by atoms with van der Waals surface area (Å²) in [5.41, 5.74) is 0.429. The van der Waals surface area contributed by atoms with Crippen molar-refractivity contribution in [1.82, 2.24) is 20.5 Å². The Labute approximate surface area is 182 Å². The van der Waals surface area contributed by atoms with Gasteiger partial charge in [0.15, 0.2) is 5.54 Å². The summed E-state index contributed by atoms with van der Waals surface area (Å²) in [6.07, 6.45) is 0.628. The zero-order valence-corrected chi connectivity index (χ0v) is 17.3. The summed E-state index contributed by atoms with van der Waals surface area (Å²) < 4.78 is 11.1. The Bertz CT molecular complexity index is 1280. The maximum atomic E-state index is 13.1. The lowest BCUT2D eigenvalue weighted by molar-refractivity contribution is -0.125. The SMILES string of the molecule is COc1ccc2c(c1)C(=O)N(C[C@@]1(c3cc4c(C(C)O)nccc4o3)NC(=O)NC1=O)C2. The van der Waals surface area contributed by atoms with Gasteiger partial charge in [-0.15, -0.1) is 0 Å². The van der Waals surface area contributed by atoms with Gasteiger partial charge >= 0.3 is 6.03 Å². The summed E-state index contributed by atoms with van der Waals surface area (Å²) in [5.74, 6) is -0.216. The summed E-state index contributed by atoms with van der Waals surface area (Å²) in [6, 6.07) is 7.71. The molecule has 10 nitrogen and oxygen atoms in total. The molecule has 3 aromatic rings. The minimum absolute atomic E-state index is 0.141. The minimum Gasteiger partial charge on any atom is -0.497 e. The van der Waals surface area contributed by atoms with Crippen LogP contribution in [-0.2, 0) is 16.9 Å². The highest BCUT2D eigenvalue weighted by Gasteiger charge is 2.53. The van der Waals surface area contributed by atoms with Crippen LogP contribution < -0.4 is 15.4 Å². The van der Waals surface area contributed by atoms with Gasteiger partial charge in [-0.05, 0) is 36.8 Å². The molecule has 0 bridgehead atoms. The number of amides is 4. The number of carbonyl (C=O) groups is 3. The van der Waals surface area contributed by atoms with Crippen molar-refractivity contribution < 1.29 is 28.6 Å². The second-order valence-corrected chi connectivity index (χ2v) is 7.89. The van der Waals surface area contributed by atoms with Crippen LogP contribution in [0.3, 0.4) is 0 Å². The third kappa shape index (κ3) is 2.91. The number of urea groups is 1. The number of pyridine rings is 1. The van der Waals surface area contributed by atoms with Crippen molar-refractivity contribution in [2.24, 2.45) is 0 Å². The number of aliphatic hydroxyl groups excluding tert-OH is 1. The number of fused-ring (bicyclic) bond motifs is 2. The Kier molecular flexibility index (Phi) is 4.41. The van der Waals surface area contributed by atoms with Gasteiger partial charge in [-0.2, -0.15) is 0 Å². The summed E-state index contributed by atoms with van der Waals surface area (Å²) in [6.45, 7) is 1.70. The first kappa shape index (κ1) is 20.0. The fourth-order valence-electron chi connectivity index (χ4n) is 4.26. The summed E-state index contributed by atoms with van der Waals surface area (Å²) in [7, 11) is 1.52. The van der Waals surface area contributed by atoms with Crippen molar-refractivity contribution in [3.8, 4) is 5.75 Å². The molecule has 1 unspecified atom stereocenters. The lowest BCUT2D eigenvalue weighted by Crippen LogP contribution is -2.52. The molecule has 4 heterocycles. The van der Waals surface area contributed by atoms with Crippen molar-refractivity contribution in [3.05, 3.63) is 59.1 Å². The minimum atomic E-state index is -1.63. The molecule has 0 spiro atoms. The predicted octanol–water partition coefficient (Wildman–Crippen LogP) is 1.58. The van der Waals surface area contributed by atoms with Gasteiger partial charge in [-0.1, -0.05) is 6.07 Å². The number of methoxy groups -OCH3 is 1. The van der Waals surface area contributed by atoms with Crippen LogP contribution in [0.5, 0.6) is 5.75 Å². The number of furan rings is 1. The monoisotopic (exact) mass is 436 g/mol. The third-order valence-corrected chi connectivity index (χ3v) is 5.86. The molecule has 2 atom stereocenters. The molecule has 0 radical (unpaired) electrons. The Morgan fingerprint density at radius 3 is 2.78 bits per heavy atom. The van der Waals surface area contributed by atoms with Crippen molar-refractivity contribution >= 4 is 28.8 Å². The fraction of sp³-hybridized carbons (Fsp3) is 0.273. The number of imide groups is 1. The topological polar surface area (TPSA) is 134 Å². The van der Waals surface area contributed by atoms with Crippen molar-refractivity contribution in [2.75, 3.05) is 13.7 Å². The van der Waals surface area contributed by atoms with Crippen LogP contribution in [-0.4, -0.2) is 46.5 Å². The number of nitrogens with zero attached hydrogens (tertiary/aromatic N) is 2. The highest BCUT2D eigenvalue weighted by Crippen LogP contribution is 2.36. The van der Waals surface area contributed by atoms with Gasteiger partial charge in [0.25, 0.3) is 11.8 Å². The number of hydrogen-bond acceptors (Lipinski definition) is 7. The van der Waals surface area contributed by atoms with Crippen molar-refractivity contribution in [1.29, 1.82) is 0 Å². The fourth-order valence-corrected chi connectivity index (χ4v) is 4.26. The molecule has 1 saturated heterocycles. The first-order chi connectivity index (χ1) is 15.3. The van der Waals surface area contributed by atoms with Crippen molar-refractivity contribution in [2.45, 2.75) is 25.1 Å². The number of rotatable bonds is 5. The van der Waals surface area contributed by atoms with Gasteiger partial charge in [0.05, 0.1) is 25.5 Å². The van der Waals surface area contributed by atoms with E-state index < -0.39 is 23.6 Å². The molecule has 2 aliphatic rings. The van der Waals surface area contributed by atoms with E-state index in [1.54, 1.807) is 37.3 Å². The Hall–Kier alpha value is -3.92. The van der Waals surface area contributed by atoms with E-state index in [1.807, 2.05) is 0 Å². The first-order valence-electron chi connectivity index (χ1n) is 9.99. The second-order valence-electron chi connectivity index (χ2n) is 7.89. The van der Waals surface area contributed by atoms with Gasteiger partial charge < -0.3 is 24.5 Å². The Morgan fingerprint density at radius 1 is 1.28 bits per heavy atom. The zero-order chi connectivity index (χ0) is 22.6. The summed E-state index contributed by atoms with van der Waals surface area (Å²) >= 11 is 0. The number of benzene rings is 1. The number of carbonyl (C=O) groups excluding carboxylic acids is 3. The van der Waals surface area contributed by atoms with E-state index in [9.17, 15) is 19.5 Å². The van der Waals surface area contributed by atoms with Crippen LogP contribution in [0.25, 0.3) is 11.0 Å². The Morgan fingerprint density at radius 2 is 2.09 bits per heavy atom. The maximum absolute atomic E-state index is 13.1. The quantitative estimate of drug-likeness (QED) is 0.517. The van der Waals surface area contributed by atoms with Crippen LogP contribution >= 0.6 is 0 Å². The van der Waals surface area contributed by atoms with E-state index in [-0.39, 0.29) is 24.8 Å². The average molecular weight is 436 g/mol. The Balaban J connectivity index is 1.57. The van der Waals surface area contributed by atoms with Crippen molar-refractivity contribution in [3.63, 3.8) is 0 Å². The molecule has 1 fully saturated rings. The standard InChI is InChI=1S/C22H20N4O6/c1-11(27)18-15-8-17(32-16(15)5-6-23-18)22(20(29)24-21(30)25-22)10-26-9-12-3-4-13(31-2)7-14(12)19(26)28/h3-8,11,27H,9-10H2,1-2H3,(H2,24,25,29,30)/t11?,22-/m0/s1. The molecule has 5 rings (SSSR count). The highest BCUT2D eigenvalue weighted by molar-refractivity contribution is 6.08. The van der Waals surface area contributed by atoms with Gasteiger partial charge in [-0.25, -0.2) is 4.79 Å². The van der Waals surface area contributed by atoms with E-state index in [1.165, 1.54) is 18.2 Å². The molecule has 32 heavy (non-hydrogen) atoms. The second kappa shape index (κ2) is 7.06. The number of ether oxygens (including phenoxy) is 1. The normalized spacial score (nSPS) is 21.0. The number of hydrogen-bond donors (Lipinski definition) is 3. The summed E-state index contributed by atoms with van der Waals surface area (Å²) in [4.78, 5) is 43.9. The number of aliphatic hydroxyl groups is 1. The molecule has 3 N–H and O–H groups in total. The first-order valence-corrected chi connectivity index (χ1v) is 9.99. The number of nitrogens with one attached hydrogen (secondary N) is 2. The smallest absolute Gasteiger partial charge is 0.322 e. The van der Waals surface area contributed by atoms with E-state index in [4.69, 9.17) is 9.15 Å². The molecule has 10 heteroatoms. The van der Waals surface area contributed by atoms with E-state index in [0.29, 0.717) is 28.0 Å². The largest absolute Gasteiger partial charge is 0.497 e. The zero-order valence-electron chi connectivity index (χ0n) is 17.3. The number of aromatic nitrogens is 1. The molecule has 4 amide bonds. The van der Waals surface area contributed by atoms with E-state index in [0.717, 1.165) is 5.56 Å². The maximum Gasteiger partial charge on any atom is 0.322 e. The van der Waals surface area contributed by atoms with Gasteiger partial charge in [0.2, 0.25) is 0 Å². The lowest BCUT2D eigenvalue weighted by atomic mass is 9.95. The molecule has 2 aromatic heterocycles. The lowest BCUT2D eigenvalue weighted by Gasteiger charge is -2.29. The average Bonchev–Trinajstić information content (AvgIpc) is 3.42.